The molecule has 0 fully saturated rings. The van der Waals surface area contributed by atoms with Crippen molar-refractivity contribution in [3.8, 4) is 0 Å². The zero-order valence-corrected chi connectivity index (χ0v) is 7.59. The topological polar surface area (TPSA) is 29.1 Å². The third kappa shape index (κ3) is 2.07. The smallest absolute Gasteiger partial charge is 0.211 e. The van der Waals surface area contributed by atoms with E-state index in [0.717, 1.165) is 0 Å². The van der Waals surface area contributed by atoms with E-state index < -0.39 is 0 Å². The van der Waals surface area contributed by atoms with E-state index in [1.165, 1.54) is 6.07 Å². The van der Waals surface area contributed by atoms with Crippen LogP contribution in [0, 0.1) is 5.82 Å². The molecule has 0 spiro atoms. The minimum atomic E-state index is -0.383. The van der Waals surface area contributed by atoms with E-state index >= 15 is 0 Å². The first kappa shape index (κ1) is 10.2. The van der Waals surface area contributed by atoms with Crippen LogP contribution in [0.5, 0.6) is 0 Å². The van der Waals surface area contributed by atoms with Crippen molar-refractivity contribution in [2.75, 3.05) is 0 Å². The molecule has 0 heterocycles. The van der Waals surface area contributed by atoms with Gasteiger partial charge in [-0.15, -0.1) is 0 Å². The molecule has 0 radical (unpaired) electrons. The molecule has 3 heteroatoms. The van der Waals surface area contributed by atoms with Crippen LogP contribution in [0.4, 0.5) is 4.39 Å². The van der Waals surface area contributed by atoms with Crippen LogP contribution in [0.25, 0.3) is 5.57 Å². The number of rotatable bonds is 4. The summed E-state index contributed by atoms with van der Waals surface area (Å²) in [4.78, 5) is 10.1. The zero-order chi connectivity index (χ0) is 10.6. The summed E-state index contributed by atoms with van der Waals surface area (Å²) < 4.78 is 13.2. The van der Waals surface area contributed by atoms with Gasteiger partial charge in [-0.05, 0) is 6.07 Å². The molecule has 0 aromatic heterocycles. The molecule has 1 N–H and O–H groups in total. The van der Waals surface area contributed by atoms with E-state index in [2.05, 4.69) is 18.5 Å². The highest BCUT2D eigenvalue weighted by Gasteiger charge is 2.07. The quantitative estimate of drug-likeness (QED) is 0.573. The van der Waals surface area contributed by atoms with Gasteiger partial charge in [-0.2, -0.15) is 0 Å². The molecule has 1 aromatic rings. The molecule has 0 unspecified atom stereocenters. The molecule has 0 saturated heterocycles. The number of amides is 1. The normalized spacial score (nSPS) is 9.21. The lowest BCUT2D eigenvalue weighted by atomic mass is 10.1. The summed E-state index contributed by atoms with van der Waals surface area (Å²) in [5, 5.41) is 2.33. The van der Waals surface area contributed by atoms with Gasteiger partial charge in [0.05, 0.1) is 0 Å². The minimum Gasteiger partial charge on any atom is -0.329 e. The number of halogens is 1. The van der Waals surface area contributed by atoms with Crippen LogP contribution in [-0.4, -0.2) is 6.41 Å². The van der Waals surface area contributed by atoms with E-state index in [4.69, 9.17) is 0 Å². The summed E-state index contributed by atoms with van der Waals surface area (Å²) in [6.07, 6.45) is 0.481. The highest BCUT2D eigenvalue weighted by Crippen LogP contribution is 2.20. The maximum atomic E-state index is 13.2. The van der Waals surface area contributed by atoms with Crippen LogP contribution >= 0.6 is 0 Å². The molecule has 1 amide bonds. The molecular formula is C11H10FNO. The zero-order valence-electron chi connectivity index (χ0n) is 7.59. The van der Waals surface area contributed by atoms with Gasteiger partial charge in [0.2, 0.25) is 6.41 Å². The summed E-state index contributed by atoms with van der Waals surface area (Å²) in [6.45, 7) is 7.20. The van der Waals surface area contributed by atoms with Gasteiger partial charge in [0.1, 0.15) is 5.82 Å². The van der Waals surface area contributed by atoms with Crippen LogP contribution in [0.3, 0.4) is 0 Å². The first-order valence-electron chi connectivity index (χ1n) is 4.00. The van der Waals surface area contributed by atoms with Gasteiger partial charge in [-0.3, -0.25) is 4.79 Å². The van der Waals surface area contributed by atoms with Gasteiger partial charge in [0.25, 0.3) is 0 Å². The van der Waals surface area contributed by atoms with Crippen molar-refractivity contribution < 1.29 is 9.18 Å². The van der Waals surface area contributed by atoms with Gasteiger partial charge in [0, 0.05) is 16.8 Å². The third-order valence-electron chi connectivity index (χ3n) is 1.80. The average Bonchev–Trinajstić information content (AvgIpc) is 2.18. The summed E-state index contributed by atoms with van der Waals surface area (Å²) >= 11 is 0. The Morgan fingerprint density at radius 1 is 1.36 bits per heavy atom. The lowest BCUT2D eigenvalue weighted by Gasteiger charge is -2.08. The highest BCUT2D eigenvalue weighted by molar-refractivity contribution is 5.78. The van der Waals surface area contributed by atoms with Crippen LogP contribution in [0.2, 0.25) is 0 Å². The first-order chi connectivity index (χ1) is 6.66. The largest absolute Gasteiger partial charge is 0.329 e. The van der Waals surface area contributed by atoms with Gasteiger partial charge >= 0.3 is 0 Å². The van der Waals surface area contributed by atoms with Crippen molar-refractivity contribution in [3.05, 3.63) is 54.5 Å². The molecule has 0 aliphatic heterocycles. The predicted molar refractivity (Wildman–Crippen MR) is 53.8 cm³/mol. The van der Waals surface area contributed by atoms with Gasteiger partial charge in [-0.1, -0.05) is 31.4 Å². The molecule has 0 aliphatic rings. The van der Waals surface area contributed by atoms with Crippen molar-refractivity contribution in [1.82, 2.24) is 5.32 Å². The summed E-state index contributed by atoms with van der Waals surface area (Å²) in [6, 6.07) is 6.18. The Balaban J connectivity index is 2.95. The number of allylic oxidation sites excluding steroid dienone is 1. The summed E-state index contributed by atoms with van der Waals surface area (Å²) in [5.74, 6) is -0.383. The van der Waals surface area contributed by atoms with E-state index in [0.29, 0.717) is 23.2 Å². The number of hydrogen-bond donors (Lipinski definition) is 1. The number of nitrogens with one attached hydrogen (secondary N) is 1. The fraction of sp³-hybridized carbons (Fsp3) is 0. The van der Waals surface area contributed by atoms with E-state index in [1.54, 1.807) is 18.2 Å². The lowest BCUT2D eigenvalue weighted by Crippen LogP contribution is -2.10. The maximum absolute atomic E-state index is 13.2. The molecule has 72 valence electrons. The second kappa shape index (κ2) is 4.37. The SMILES string of the molecule is C=C(NC=O)C(=C)c1ccccc1F. The van der Waals surface area contributed by atoms with Gasteiger partial charge < -0.3 is 5.32 Å². The fourth-order valence-electron chi connectivity index (χ4n) is 1.03. The molecular weight excluding hydrogens is 181 g/mol. The lowest BCUT2D eigenvalue weighted by molar-refractivity contribution is -0.108. The molecule has 1 aromatic carbocycles. The number of carbonyl (C=O) groups excluding carboxylic acids is 1. The van der Waals surface area contributed by atoms with Crippen LogP contribution < -0.4 is 5.32 Å². The third-order valence-corrected chi connectivity index (χ3v) is 1.80. The predicted octanol–water partition coefficient (Wildman–Crippen LogP) is 2.10. The Kier molecular flexibility index (Phi) is 3.18. The highest BCUT2D eigenvalue weighted by atomic mass is 19.1. The Hall–Kier alpha value is -1.90. The molecule has 0 saturated carbocycles. The fourth-order valence-corrected chi connectivity index (χ4v) is 1.03. The molecule has 0 atom stereocenters. The molecule has 0 bridgehead atoms. The van der Waals surface area contributed by atoms with Crippen molar-refractivity contribution in [2.24, 2.45) is 0 Å². The monoisotopic (exact) mass is 191 g/mol. The second-order valence-electron chi connectivity index (χ2n) is 2.70. The Bertz CT molecular complexity index is 385. The maximum Gasteiger partial charge on any atom is 0.211 e. The average molecular weight is 191 g/mol. The van der Waals surface area contributed by atoms with E-state index in [-0.39, 0.29) is 5.82 Å². The Morgan fingerprint density at radius 3 is 2.57 bits per heavy atom. The second-order valence-corrected chi connectivity index (χ2v) is 2.70. The Labute approximate surface area is 81.8 Å². The Morgan fingerprint density at radius 2 is 2.00 bits per heavy atom. The molecule has 2 nitrogen and oxygen atoms in total. The van der Waals surface area contributed by atoms with Gasteiger partial charge in [-0.25, -0.2) is 4.39 Å². The molecule has 0 aliphatic carbocycles. The van der Waals surface area contributed by atoms with Crippen LogP contribution in [0.15, 0.2) is 43.1 Å². The number of hydrogen-bond acceptors (Lipinski definition) is 1. The molecule has 14 heavy (non-hydrogen) atoms. The first-order valence-corrected chi connectivity index (χ1v) is 4.00. The van der Waals surface area contributed by atoms with Crippen molar-refractivity contribution in [3.63, 3.8) is 0 Å². The van der Waals surface area contributed by atoms with Crippen molar-refractivity contribution in [1.29, 1.82) is 0 Å². The summed E-state index contributed by atoms with van der Waals surface area (Å²) in [5.41, 5.74) is 1.01. The van der Waals surface area contributed by atoms with Crippen LogP contribution in [-0.2, 0) is 4.79 Å². The number of carbonyl (C=O) groups is 1. The number of benzene rings is 1. The minimum absolute atomic E-state index is 0.296. The summed E-state index contributed by atoms with van der Waals surface area (Å²) in [7, 11) is 0. The van der Waals surface area contributed by atoms with E-state index in [9.17, 15) is 9.18 Å². The molecule has 1 rings (SSSR count). The van der Waals surface area contributed by atoms with Crippen molar-refractivity contribution >= 4 is 12.0 Å². The van der Waals surface area contributed by atoms with E-state index in [1.807, 2.05) is 0 Å². The van der Waals surface area contributed by atoms with Crippen LogP contribution in [0.1, 0.15) is 5.56 Å². The van der Waals surface area contributed by atoms with Crippen molar-refractivity contribution in [2.45, 2.75) is 0 Å². The van der Waals surface area contributed by atoms with Gasteiger partial charge in [0.15, 0.2) is 0 Å². The standard InChI is InChI=1S/C11H10FNO/c1-8(9(2)13-7-14)10-5-3-4-6-11(10)12/h3-7H,1-2H2,(H,13,14).